The number of guanidine groups is 1. The van der Waals surface area contributed by atoms with Crippen molar-refractivity contribution in [2.75, 3.05) is 34.2 Å². The van der Waals surface area contributed by atoms with Crippen molar-refractivity contribution in [3.63, 3.8) is 0 Å². The zero-order valence-corrected chi connectivity index (χ0v) is 13.6. The summed E-state index contributed by atoms with van der Waals surface area (Å²) in [4.78, 5) is 6.55. The second kappa shape index (κ2) is 6.60. The minimum atomic E-state index is 0.122. The summed E-state index contributed by atoms with van der Waals surface area (Å²) in [7, 11) is 6.06. The molecule has 0 aromatic carbocycles. The van der Waals surface area contributed by atoms with Crippen molar-refractivity contribution in [1.29, 1.82) is 0 Å². The van der Waals surface area contributed by atoms with Crippen LogP contribution in [0.4, 0.5) is 0 Å². The summed E-state index contributed by atoms with van der Waals surface area (Å²) in [6, 6.07) is 0. The van der Waals surface area contributed by atoms with Crippen LogP contribution in [0.1, 0.15) is 46.5 Å². The van der Waals surface area contributed by atoms with E-state index in [4.69, 9.17) is 0 Å². The van der Waals surface area contributed by atoms with Crippen molar-refractivity contribution in [2.45, 2.75) is 52.0 Å². The predicted octanol–water partition coefficient (Wildman–Crippen LogP) is 2.07. The molecule has 1 rings (SSSR count). The van der Waals surface area contributed by atoms with E-state index in [-0.39, 0.29) is 5.54 Å². The van der Waals surface area contributed by atoms with Gasteiger partial charge in [0.25, 0.3) is 0 Å². The topological polar surface area (TPSA) is 39.7 Å². The Hall–Kier alpha value is -0.770. The lowest BCUT2D eigenvalue weighted by Gasteiger charge is -2.42. The molecule has 1 saturated carbocycles. The molecule has 4 heteroatoms. The molecular weight excluding hydrogens is 236 g/mol. The summed E-state index contributed by atoms with van der Waals surface area (Å²) in [5.41, 5.74) is 0.644. The molecule has 0 radical (unpaired) electrons. The first-order chi connectivity index (χ1) is 8.85. The fourth-order valence-electron chi connectivity index (χ4n) is 2.28. The van der Waals surface area contributed by atoms with E-state index in [0.29, 0.717) is 5.41 Å². The second-order valence-corrected chi connectivity index (χ2v) is 6.69. The van der Waals surface area contributed by atoms with Gasteiger partial charge in [-0.1, -0.05) is 13.3 Å². The van der Waals surface area contributed by atoms with Crippen molar-refractivity contribution in [3.05, 3.63) is 0 Å². The van der Waals surface area contributed by atoms with Crippen LogP contribution in [0.15, 0.2) is 4.99 Å². The molecule has 0 aromatic heterocycles. The quantitative estimate of drug-likeness (QED) is 0.572. The Morgan fingerprint density at radius 3 is 2.26 bits per heavy atom. The van der Waals surface area contributed by atoms with Gasteiger partial charge in [0.2, 0.25) is 0 Å². The molecule has 0 spiro atoms. The molecule has 2 N–H and O–H groups in total. The smallest absolute Gasteiger partial charge is 0.191 e. The van der Waals surface area contributed by atoms with Crippen LogP contribution in [0.5, 0.6) is 0 Å². The number of aliphatic imine (C=N–C) groups is 1. The van der Waals surface area contributed by atoms with Crippen LogP contribution in [0.25, 0.3) is 0 Å². The monoisotopic (exact) mass is 268 g/mol. The summed E-state index contributed by atoms with van der Waals surface area (Å²) in [6.07, 6.45) is 5.36. The molecule has 0 aromatic rings. The first-order valence-corrected chi connectivity index (χ1v) is 7.47. The first kappa shape index (κ1) is 16.3. The molecule has 1 aliphatic rings. The second-order valence-electron chi connectivity index (χ2n) is 6.69. The molecule has 0 saturated heterocycles. The highest BCUT2D eigenvalue weighted by Crippen LogP contribution is 2.42. The maximum atomic E-state index is 4.32. The van der Waals surface area contributed by atoms with Crippen molar-refractivity contribution >= 4 is 5.96 Å². The number of hydrogen-bond donors (Lipinski definition) is 2. The maximum Gasteiger partial charge on any atom is 0.191 e. The van der Waals surface area contributed by atoms with Crippen molar-refractivity contribution in [2.24, 2.45) is 10.4 Å². The summed E-state index contributed by atoms with van der Waals surface area (Å²) in [5, 5.41) is 6.93. The third-order valence-electron chi connectivity index (χ3n) is 4.92. The lowest BCUT2D eigenvalue weighted by molar-refractivity contribution is 0.131. The highest BCUT2D eigenvalue weighted by Gasteiger charge is 2.35. The lowest BCUT2D eigenvalue weighted by Crippen LogP contribution is -2.52. The van der Waals surface area contributed by atoms with E-state index in [0.717, 1.165) is 19.0 Å². The summed E-state index contributed by atoms with van der Waals surface area (Å²) in [5.74, 6) is 0.926. The van der Waals surface area contributed by atoms with E-state index in [2.05, 4.69) is 55.4 Å². The molecule has 112 valence electrons. The first-order valence-electron chi connectivity index (χ1n) is 7.47. The fraction of sp³-hybridized carbons (Fsp3) is 0.933. The third kappa shape index (κ3) is 4.37. The SMILES string of the molecule is CCC1(CNC(=NC)NCC(C)(C)N(C)C)CCC1. The van der Waals surface area contributed by atoms with Gasteiger partial charge in [-0.2, -0.15) is 0 Å². The standard InChI is InChI=1S/C15H32N4/c1-7-15(9-8-10-15)12-18-13(16-4)17-11-14(2,3)19(5)6/h7-12H2,1-6H3,(H2,16,17,18). The van der Waals surface area contributed by atoms with E-state index >= 15 is 0 Å². The molecule has 0 heterocycles. The molecule has 0 bridgehead atoms. The average molecular weight is 268 g/mol. The van der Waals surface area contributed by atoms with Gasteiger partial charge in [0, 0.05) is 25.7 Å². The molecular formula is C15H32N4. The Bertz CT molecular complexity index is 290. The van der Waals surface area contributed by atoms with E-state index in [1.807, 2.05) is 7.05 Å². The van der Waals surface area contributed by atoms with Crippen molar-refractivity contribution < 1.29 is 0 Å². The molecule has 0 unspecified atom stereocenters. The normalized spacial score (nSPS) is 19.2. The molecule has 0 atom stereocenters. The van der Waals surface area contributed by atoms with Gasteiger partial charge in [-0.05, 0) is 52.6 Å². The van der Waals surface area contributed by atoms with E-state index in [1.165, 1.54) is 25.7 Å². The van der Waals surface area contributed by atoms with Gasteiger partial charge in [-0.25, -0.2) is 0 Å². The Morgan fingerprint density at radius 2 is 1.89 bits per heavy atom. The number of nitrogens with zero attached hydrogens (tertiary/aromatic N) is 2. The third-order valence-corrected chi connectivity index (χ3v) is 4.92. The Kier molecular flexibility index (Phi) is 5.65. The zero-order chi connectivity index (χ0) is 14.5. The van der Waals surface area contributed by atoms with Crippen LogP contribution >= 0.6 is 0 Å². The van der Waals surface area contributed by atoms with Crippen LogP contribution < -0.4 is 10.6 Å². The van der Waals surface area contributed by atoms with Crippen LogP contribution in [-0.2, 0) is 0 Å². The average Bonchev–Trinajstić information content (AvgIpc) is 2.31. The van der Waals surface area contributed by atoms with Gasteiger partial charge in [0.05, 0.1) is 0 Å². The molecule has 1 aliphatic carbocycles. The highest BCUT2D eigenvalue weighted by molar-refractivity contribution is 5.79. The van der Waals surface area contributed by atoms with Gasteiger partial charge in [0.15, 0.2) is 5.96 Å². The minimum absolute atomic E-state index is 0.122. The molecule has 0 amide bonds. The highest BCUT2D eigenvalue weighted by atomic mass is 15.2. The van der Waals surface area contributed by atoms with Crippen LogP contribution in [-0.4, -0.2) is 50.6 Å². The summed E-state index contributed by atoms with van der Waals surface area (Å²) in [6.45, 7) is 8.69. The van der Waals surface area contributed by atoms with Gasteiger partial charge >= 0.3 is 0 Å². The number of likely N-dealkylation sites (N-methyl/N-ethyl adjacent to an activating group) is 1. The van der Waals surface area contributed by atoms with E-state index in [9.17, 15) is 0 Å². The molecule has 4 nitrogen and oxygen atoms in total. The molecule has 19 heavy (non-hydrogen) atoms. The Labute approximate surface area is 119 Å². The van der Waals surface area contributed by atoms with Crippen LogP contribution in [0, 0.1) is 5.41 Å². The Balaban J connectivity index is 2.39. The van der Waals surface area contributed by atoms with Gasteiger partial charge < -0.3 is 15.5 Å². The van der Waals surface area contributed by atoms with Crippen LogP contribution in [0.2, 0.25) is 0 Å². The lowest BCUT2D eigenvalue weighted by atomic mass is 9.67. The van der Waals surface area contributed by atoms with Gasteiger partial charge in [0.1, 0.15) is 0 Å². The molecule has 1 fully saturated rings. The van der Waals surface area contributed by atoms with Crippen molar-refractivity contribution in [1.82, 2.24) is 15.5 Å². The van der Waals surface area contributed by atoms with Gasteiger partial charge in [-0.3, -0.25) is 4.99 Å². The van der Waals surface area contributed by atoms with Gasteiger partial charge in [-0.15, -0.1) is 0 Å². The largest absolute Gasteiger partial charge is 0.356 e. The predicted molar refractivity (Wildman–Crippen MR) is 83.7 cm³/mol. The summed E-state index contributed by atoms with van der Waals surface area (Å²) >= 11 is 0. The number of rotatable bonds is 6. The minimum Gasteiger partial charge on any atom is -0.356 e. The number of nitrogens with one attached hydrogen (secondary N) is 2. The summed E-state index contributed by atoms with van der Waals surface area (Å²) < 4.78 is 0. The zero-order valence-electron chi connectivity index (χ0n) is 13.6. The maximum absolute atomic E-state index is 4.32. The van der Waals surface area contributed by atoms with E-state index in [1.54, 1.807) is 0 Å². The fourth-order valence-corrected chi connectivity index (χ4v) is 2.28. The van der Waals surface area contributed by atoms with Crippen molar-refractivity contribution in [3.8, 4) is 0 Å². The number of hydrogen-bond acceptors (Lipinski definition) is 2. The molecule has 0 aliphatic heterocycles. The van der Waals surface area contributed by atoms with E-state index < -0.39 is 0 Å². The van der Waals surface area contributed by atoms with Crippen LogP contribution in [0.3, 0.4) is 0 Å². The Morgan fingerprint density at radius 1 is 1.26 bits per heavy atom.